The molecule has 0 unspecified atom stereocenters. The van der Waals surface area contributed by atoms with Crippen molar-refractivity contribution in [3.63, 3.8) is 0 Å². The number of anilines is 2. The number of amides is 1. The highest BCUT2D eigenvalue weighted by atomic mass is 79.9. The van der Waals surface area contributed by atoms with E-state index in [0.717, 1.165) is 44.7 Å². The molecular formula is C21H19BrN4O2. The summed E-state index contributed by atoms with van der Waals surface area (Å²) in [6.45, 7) is 0.657. The van der Waals surface area contributed by atoms with Crippen molar-refractivity contribution in [1.82, 2.24) is 9.97 Å². The van der Waals surface area contributed by atoms with Crippen molar-refractivity contribution in [2.24, 2.45) is 0 Å². The van der Waals surface area contributed by atoms with Gasteiger partial charge in [0.2, 0.25) is 11.9 Å². The Hall–Kier alpha value is -2.93. The molecule has 1 aliphatic heterocycles. The Morgan fingerprint density at radius 3 is 2.96 bits per heavy atom. The van der Waals surface area contributed by atoms with E-state index in [1.807, 2.05) is 42.5 Å². The molecule has 0 fully saturated rings. The largest absolute Gasteiger partial charge is 0.496 e. The lowest BCUT2D eigenvalue weighted by Gasteiger charge is -2.12. The first-order valence-corrected chi connectivity index (χ1v) is 9.75. The molecule has 2 aromatic carbocycles. The highest BCUT2D eigenvalue weighted by Crippen LogP contribution is 2.32. The van der Waals surface area contributed by atoms with Gasteiger partial charge in [-0.2, -0.15) is 0 Å². The quantitative estimate of drug-likeness (QED) is 0.627. The summed E-state index contributed by atoms with van der Waals surface area (Å²) < 4.78 is 6.43. The van der Waals surface area contributed by atoms with Crippen LogP contribution in [0.4, 0.5) is 11.6 Å². The highest BCUT2D eigenvalue weighted by Gasteiger charge is 2.20. The number of halogens is 1. The Labute approximate surface area is 171 Å². The molecule has 7 heteroatoms. The number of hydrogen-bond acceptors (Lipinski definition) is 5. The van der Waals surface area contributed by atoms with Crippen LogP contribution in [0.1, 0.15) is 11.1 Å². The molecule has 1 aromatic heterocycles. The fourth-order valence-corrected chi connectivity index (χ4v) is 3.68. The van der Waals surface area contributed by atoms with E-state index in [4.69, 9.17) is 4.74 Å². The van der Waals surface area contributed by atoms with Crippen molar-refractivity contribution in [2.75, 3.05) is 24.3 Å². The van der Waals surface area contributed by atoms with E-state index in [1.54, 1.807) is 13.3 Å². The molecule has 6 nitrogen and oxygen atoms in total. The van der Waals surface area contributed by atoms with Gasteiger partial charge in [0.05, 0.1) is 24.9 Å². The molecule has 28 heavy (non-hydrogen) atoms. The topological polar surface area (TPSA) is 76.1 Å². The fourth-order valence-electron chi connectivity index (χ4n) is 3.27. The van der Waals surface area contributed by atoms with Gasteiger partial charge in [0.15, 0.2) is 0 Å². The summed E-state index contributed by atoms with van der Waals surface area (Å²) in [5.41, 5.74) is 4.38. The monoisotopic (exact) mass is 438 g/mol. The van der Waals surface area contributed by atoms with Gasteiger partial charge in [0, 0.05) is 28.3 Å². The Kier molecular flexibility index (Phi) is 5.25. The molecule has 0 saturated heterocycles. The molecule has 1 aliphatic rings. The zero-order valence-corrected chi connectivity index (χ0v) is 16.9. The fraction of sp³-hybridized carbons (Fsp3) is 0.190. The Morgan fingerprint density at radius 1 is 1.25 bits per heavy atom. The summed E-state index contributed by atoms with van der Waals surface area (Å²) in [7, 11) is 1.67. The maximum absolute atomic E-state index is 12.1. The zero-order valence-electron chi connectivity index (χ0n) is 15.3. The average Bonchev–Trinajstić information content (AvgIpc) is 2.83. The van der Waals surface area contributed by atoms with Gasteiger partial charge < -0.3 is 15.4 Å². The summed E-state index contributed by atoms with van der Waals surface area (Å²) in [5, 5.41) is 6.20. The minimum atomic E-state index is -0.0581. The molecule has 2 heterocycles. The first kappa shape index (κ1) is 18.4. The molecule has 0 aliphatic carbocycles. The van der Waals surface area contributed by atoms with E-state index in [9.17, 15) is 4.79 Å². The molecular weight excluding hydrogens is 420 g/mol. The van der Waals surface area contributed by atoms with Gasteiger partial charge in [-0.15, -0.1) is 0 Å². The second-order valence-corrected chi connectivity index (χ2v) is 7.39. The first-order valence-electron chi connectivity index (χ1n) is 8.95. The number of carbonyl (C=O) groups is 1. The third kappa shape index (κ3) is 3.84. The third-order valence-electron chi connectivity index (χ3n) is 4.59. The number of nitrogens with zero attached hydrogens (tertiary/aromatic N) is 2. The number of para-hydroxylation sites is 1. The van der Waals surface area contributed by atoms with E-state index in [1.165, 1.54) is 0 Å². The molecule has 0 spiro atoms. The van der Waals surface area contributed by atoms with Crippen molar-refractivity contribution in [2.45, 2.75) is 12.8 Å². The molecule has 4 rings (SSSR count). The Balaban J connectivity index is 1.55. The van der Waals surface area contributed by atoms with Gasteiger partial charge in [-0.05, 0) is 36.2 Å². The number of fused-ring (bicyclic) bond motifs is 3. The summed E-state index contributed by atoms with van der Waals surface area (Å²) >= 11 is 3.50. The number of aromatic nitrogens is 2. The van der Waals surface area contributed by atoms with E-state index < -0.39 is 0 Å². The summed E-state index contributed by atoms with van der Waals surface area (Å²) in [6.07, 6.45) is 2.76. The van der Waals surface area contributed by atoms with Crippen LogP contribution in [0.15, 0.2) is 53.1 Å². The van der Waals surface area contributed by atoms with Crippen molar-refractivity contribution in [3.05, 3.63) is 64.3 Å². The minimum absolute atomic E-state index is 0.0581. The van der Waals surface area contributed by atoms with Crippen LogP contribution in [0.2, 0.25) is 0 Å². The standard InChI is InChI=1S/C21H19BrN4O2/c1-28-18-7-6-15(22)10-13(18)8-9-23-21-24-12-14-11-19(27)25-17-5-3-2-4-16(17)20(14)26-21/h2-7,10,12H,8-9,11H2,1H3,(H,25,27)(H,23,24,26). The summed E-state index contributed by atoms with van der Waals surface area (Å²) in [4.78, 5) is 21.2. The lowest BCUT2D eigenvalue weighted by molar-refractivity contribution is -0.115. The Bertz CT molecular complexity index is 1040. The number of hydrogen-bond donors (Lipinski definition) is 2. The van der Waals surface area contributed by atoms with Crippen molar-refractivity contribution in [1.29, 1.82) is 0 Å². The number of benzene rings is 2. The SMILES string of the molecule is COc1ccc(Br)cc1CCNc1ncc2c(n1)-c1ccccc1NC(=O)C2. The second-order valence-electron chi connectivity index (χ2n) is 6.47. The molecule has 0 radical (unpaired) electrons. The molecule has 2 N–H and O–H groups in total. The predicted octanol–water partition coefficient (Wildman–Crippen LogP) is 4.06. The maximum Gasteiger partial charge on any atom is 0.228 e. The van der Waals surface area contributed by atoms with Crippen LogP contribution in [-0.2, 0) is 17.6 Å². The van der Waals surface area contributed by atoms with Crippen LogP contribution in [0, 0.1) is 0 Å². The second kappa shape index (κ2) is 7.98. The summed E-state index contributed by atoms with van der Waals surface area (Å²) in [5.74, 6) is 1.33. The van der Waals surface area contributed by atoms with Gasteiger partial charge >= 0.3 is 0 Å². The molecule has 1 amide bonds. The van der Waals surface area contributed by atoms with Crippen molar-refractivity contribution in [3.8, 4) is 17.0 Å². The zero-order chi connectivity index (χ0) is 19.5. The molecule has 0 saturated carbocycles. The average molecular weight is 439 g/mol. The van der Waals surface area contributed by atoms with Crippen LogP contribution in [0.25, 0.3) is 11.3 Å². The number of ether oxygens (including phenoxy) is 1. The maximum atomic E-state index is 12.1. The van der Waals surface area contributed by atoms with Crippen LogP contribution >= 0.6 is 15.9 Å². The van der Waals surface area contributed by atoms with Gasteiger partial charge in [0.25, 0.3) is 0 Å². The van der Waals surface area contributed by atoms with Crippen LogP contribution in [-0.4, -0.2) is 29.5 Å². The lowest BCUT2D eigenvalue weighted by Crippen LogP contribution is -2.13. The van der Waals surface area contributed by atoms with Crippen LogP contribution in [0.5, 0.6) is 5.75 Å². The minimum Gasteiger partial charge on any atom is -0.496 e. The predicted molar refractivity (Wildman–Crippen MR) is 113 cm³/mol. The molecule has 3 aromatic rings. The van der Waals surface area contributed by atoms with Crippen LogP contribution in [0.3, 0.4) is 0 Å². The first-order chi connectivity index (χ1) is 13.6. The van der Waals surface area contributed by atoms with Gasteiger partial charge in [-0.25, -0.2) is 9.97 Å². The highest BCUT2D eigenvalue weighted by molar-refractivity contribution is 9.10. The van der Waals surface area contributed by atoms with E-state index in [2.05, 4.69) is 36.5 Å². The number of nitrogens with one attached hydrogen (secondary N) is 2. The smallest absolute Gasteiger partial charge is 0.228 e. The van der Waals surface area contributed by atoms with Crippen molar-refractivity contribution < 1.29 is 9.53 Å². The van der Waals surface area contributed by atoms with Crippen molar-refractivity contribution >= 4 is 33.5 Å². The van der Waals surface area contributed by atoms with Gasteiger partial charge in [-0.3, -0.25) is 4.79 Å². The molecule has 142 valence electrons. The number of methoxy groups -OCH3 is 1. The lowest BCUT2D eigenvalue weighted by atomic mass is 10.1. The molecule has 0 bridgehead atoms. The Morgan fingerprint density at radius 2 is 2.11 bits per heavy atom. The third-order valence-corrected chi connectivity index (χ3v) is 5.08. The summed E-state index contributed by atoms with van der Waals surface area (Å²) in [6, 6.07) is 13.6. The van der Waals surface area contributed by atoms with E-state index in [-0.39, 0.29) is 12.3 Å². The number of carbonyl (C=O) groups excluding carboxylic acids is 1. The van der Waals surface area contributed by atoms with Crippen LogP contribution < -0.4 is 15.4 Å². The van der Waals surface area contributed by atoms with Gasteiger partial charge in [-0.1, -0.05) is 34.1 Å². The van der Waals surface area contributed by atoms with E-state index in [0.29, 0.717) is 12.5 Å². The molecule has 0 atom stereocenters. The van der Waals surface area contributed by atoms with Gasteiger partial charge in [0.1, 0.15) is 5.75 Å². The normalized spacial score (nSPS) is 12.4. The van der Waals surface area contributed by atoms with E-state index >= 15 is 0 Å². The number of rotatable bonds is 5.